The maximum atomic E-state index is 12.1. The van der Waals surface area contributed by atoms with Crippen LogP contribution in [0.1, 0.15) is 19.8 Å². The zero-order valence-electron chi connectivity index (χ0n) is 11.4. The zero-order chi connectivity index (χ0) is 14.3. The van der Waals surface area contributed by atoms with Crippen LogP contribution in [0.5, 0.6) is 0 Å². The van der Waals surface area contributed by atoms with Crippen LogP contribution in [0.3, 0.4) is 0 Å². The van der Waals surface area contributed by atoms with Gasteiger partial charge in [-0.05, 0) is 19.4 Å². The fraction of sp³-hybridized carbons (Fsp3) is 0.727. The van der Waals surface area contributed by atoms with Crippen molar-refractivity contribution in [1.29, 1.82) is 0 Å². The van der Waals surface area contributed by atoms with Gasteiger partial charge in [0.2, 0.25) is 10.0 Å². The molecular formula is C11H22N4O3S. The summed E-state index contributed by atoms with van der Waals surface area (Å²) >= 11 is 0. The molecule has 0 spiro atoms. The normalized spacial score (nSPS) is 13.6. The summed E-state index contributed by atoms with van der Waals surface area (Å²) in [6, 6.07) is -0.234. The standard InChI is InChI=1S/C11H22N4O3S/c1-3-10(9-18-2)14-19(16,17)11-7-13-15(8-11)6-4-5-12/h7-8,10,14H,3-6,9,12H2,1-2H3. The molecular weight excluding hydrogens is 268 g/mol. The molecule has 0 radical (unpaired) electrons. The van der Waals surface area contributed by atoms with Crippen molar-refractivity contribution in [3.63, 3.8) is 0 Å². The minimum absolute atomic E-state index is 0.166. The molecule has 3 N–H and O–H groups in total. The highest BCUT2D eigenvalue weighted by Crippen LogP contribution is 2.09. The van der Waals surface area contributed by atoms with Crippen LogP contribution in [0.2, 0.25) is 0 Å². The Balaban J connectivity index is 2.73. The van der Waals surface area contributed by atoms with E-state index < -0.39 is 10.0 Å². The Labute approximate surface area is 114 Å². The molecule has 110 valence electrons. The Kier molecular flexibility index (Phi) is 6.43. The second kappa shape index (κ2) is 7.59. The van der Waals surface area contributed by atoms with E-state index >= 15 is 0 Å². The number of sulfonamides is 1. The van der Waals surface area contributed by atoms with Crippen molar-refractivity contribution in [2.75, 3.05) is 20.3 Å². The summed E-state index contributed by atoms with van der Waals surface area (Å²) in [5.41, 5.74) is 5.40. The number of aryl methyl sites for hydroxylation is 1. The maximum absolute atomic E-state index is 12.1. The molecule has 1 aromatic heterocycles. The van der Waals surface area contributed by atoms with Crippen LogP contribution in [0.4, 0.5) is 0 Å². The quantitative estimate of drug-likeness (QED) is 0.663. The van der Waals surface area contributed by atoms with Crippen LogP contribution < -0.4 is 10.5 Å². The van der Waals surface area contributed by atoms with E-state index in [0.717, 1.165) is 6.42 Å². The summed E-state index contributed by atoms with van der Waals surface area (Å²) in [4.78, 5) is 0.166. The Bertz CT molecular complexity index is 472. The maximum Gasteiger partial charge on any atom is 0.244 e. The summed E-state index contributed by atoms with van der Waals surface area (Å²) in [5.74, 6) is 0. The van der Waals surface area contributed by atoms with Gasteiger partial charge in [0.05, 0.1) is 12.8 Å². The lowest BCUT2D eigenvalue weighted by molar-refractivity contribution is 0.173. The van der Waals surface area contributed by atoms with Gasteiger partial charge in [-0.1, -0.05) is 6.92 Å². The van der Waals surface area contributed by atoms with E-state index in [-0.39, 0.29) is 10.9 Å². The number of methoxy groups -OCH3 is 1. The predicted molar refractivity (Wildman–Crippen MR) is 72.2 cm³/mol. The number of hydrogen-bond acceptors (Lipinski definition) is 5. The number of rotatable bonds is 9. The van der Waals surface area contributed by atoms with E-state index in [2.05, 4.69) is 9.82 Å². The highest BCUT2D eigenvalue weighted by Gasteiger charge is 2.20. The molecule has 1 unspecified atom stereocenters. The van der Waals surface area contributed by atoms with Gasteiger partial charge in [0.25, 0.3) is 0 Å². The first-order chi connectivity index (χ1) is 9.03. The van der Waals surface area contributed by atoms with Gasteiger partial charge in [0, 0.05) is 25.9 Å². The fourth-order valence-electron chi connectivity index (χ4n) is 1.58. The van der Waals surface area contributed by atoms with Gasteiger partial charge in [0.1, 0.15) is 4.90 Å². The van der Waals surface area contributed by atoms with E-state index in [1.165, 1.54) is 12.4 Å². The van der Waals surface area contributed by atoms with Crippen molar-refractivity contribution in [3.8, 4) is 0 Å². The lowest BCUT2D eigenvalue weighted by atomic mass is 10.3. The molecule has 0 bridgehead atoms. The highest BCUT2D eigenvalue weighted by molar-refractivity contribution is 7.89. The van der Waals surface area contributed by atoms with Crippen LogP contribution in [-0.2, 0) is 21.3 Å². The Morgan fingerprint density at radius 1 is 1.58 bits per heavy atom. The van der Waals surface area contributed by atoms with Gasteiger partial charge in [0.15, 0.2) is 0 Å². The molecule has 0 aliphatic carbocycles. The number of nitrogens with two attached hydrogens (primary N) is 1. The lowest BCUT2D eigenvalue weighted by Gasteiger charge is -2.15. The molecule has 0 aromatic carbocycles. The molecule has 0 aliphatic heterocycles. The molecule has 0 fully saturated rings. The average Bonchev–Trinajstić information content (AvgIpc) is 2.85. The lowest BCUT2D eigenvalue weighted by Crippen LogP contribution is -2.37. The second-order valence-corrected chi connectivity index (χ2v) is 5.98. The van der Waals surface area contributed by atoms with Crippen LogP contribution in [0, 0.1) is 0 Å². The number of ether oxygens (including phenoxy) is 1. The van der Waals surface area contributed by atoms with Crippen LogP contribution in [-0.4, -0.2) is 44.5 Å². The third kappa shape index (κ3) is 4.90. The third-order valence-corrected chi connectivity index (χ3v) is 4.17. The fourth-order valence-corrected chi connectivity index (χ4v) is 2.84. The molecule has 7 nitrogen and oxygen atoms in total. The van der Waals surface area contributed by atoms with Crippen molar-refractivity contribution in [2.45, 2.75) is 37.2 Å². The minimum atomic E-state index is -3.54. The molecule has 8 heteroatoms. The Morgan fingerprint density at radius 2 is 2.32 bits per heavy atom. The summed E-state index contributed by atoms with van der Waals surface area (Å²) in [6.45, 7) is 3.40. The monoisotopic (exact) mass is 290 g/mol. The summed E-state index contributed by atoms with van der Waals surface area (Å²) in [5, 5.41) is 4.01. The molecule has 1 heterocycles. The number of nitrogens with zero attached hydrogens (tertiary/aromatic N) is 2. The molecule has 1 rings (SSSR count). The first-order valence-electron chi connectivity index (χ1n) is 6.27. The van der Waals surface area contributed by atoms with E-state index in [1.807, 2.05) is 6.92 Å². The van der Waals surface area contributed by atoms with Gasteiger partial charge in [-0.3, -0.25) is 4.68 Å². The van der Waals surface area contributed by atoms with Crippen LogP contribution in [0.15, 0.2) is 17.3 Å². The molecule has 0 aliphatic rings. The van der Waals surface area contributed by atoms with Crippen LogP contribution in [0.25, 0.3) is 0 Å². The summed E-state index contributed by atoms with van der Waals surface area (Å²) < 4.78 is 33.4. The number of aromatic nitrogens is 2. The molecule has 0 saturated carbocycles. The van der Waals surface area contributed by atoms with Crippen molar-refractivity contribution < 1.29 is 13.2 Å². The number of nitrogens with one attached hydrogen (secondary N) is 1. The molecule has 0 saturated heterocycles. The van der Waals surface area contributed by atoms with E-state index in [0.29, 0.717) is 26.1 Å². The summed E-state index contributed by atoms with van der Waals surface area (Å²) in [6.07, 6.45) is 4.28. The Morgan fingerprint density at radius 3 is 2.89 bits per heavy atom. The summed E-state index contributed by atoms with van der Waals surface area (Å²) in [7, 11) is -2.00. The number of hydrogen-bond donors (Lipinski definition) is 2. The van der Waals surface area contributed by atoms with Gasteiger partial charge in [-0.2, -0.15) is 5.10 Å². The second-order valence-electron chi connectivity index (χ2n) is 4.26. The van der Waals surface area contributed by atoms with Gasteiger partial charge >= 0.3 is 0 Å². The van der Waals surface area contributed by atoms with Gasteiger partial charge in [-0.25, -0.2) is 13.1 Å². The first kappa shape index (κ1) is 16.1. The average molecular weight is 290 g/mol. The SMILES string of the molecule is CCC(COC)NS(=O)(=O)c1cnn(CCCN)c1. The molecule has 0 amide bonds. The third-order valence-electron chi connectivity index (χ3n) is 2.69. The highest BCUT2D eigenvalue weighted by atomic mass is 32.2. The molecule has 1 aromatic rings. The predicted octanol–water partition coefficient (Wildman–Crippen LogP) is -0.0648. The first-order valence-corrected chi connectivity index (χ1v) is 7.75. The minimum Gasteiger partial charge on any atom is -0.383 e. The van der Waals surface area contributed by atoms with Gasteiger partial charge < -0.3 is 10.5 Å². The van der Waals surface area contributed by atoms with Crippen molar-refractivity contribution in [2.24, 2.45) is 5.73 Å². The Hall–Kier alpha value is -0.960. The van der Waals surface area contributed by atoms with E-state index in [9.17, 15) is 8.42 Å². The van der Waals surface area contributed by atoms with E-state index in [1.54, 1.807) is 11.8 Å². The van der Waals surface area contributed by atoms with Crippen molar-refractivity contribution >= 4 is 10.0 Å². The van der Waals surface area contributed by atoms with E-state index in [4.69, 9.17) is 10.5 Å². The molecule has 1 atom stereocenters. The van der Waals surface area contributed by atoms with Crippen molar-refractivity contribution in [3.05, 3.63) is 12.4 Å². The van der Waals surface area contributed by atoms with Gasteiger partial charge in [-0.15, -0.1) is 0 Å². The topological polar surface area (TPSA) is 99.2 Å². The molecule has 19 heavy (non-hydrogen) atoms. The smallest absolute Gasteiger partial charge is 0.244 e. The largest absolute Gasteiger partial charge is 0.383 e. The van der Waals surface area contributed by atoms with Crippen LogP contribution >= 0.6 is 0 Å². The van der Waals surface area contributed by atoms with Crippen molar-refractivity contribution in [1.82, 2.24) is 14.5 Å². The zero-order valence-corrected chi connectivity index (χ0v) is 12.2.